The second kappa shape index (κ2) is 16.9. The van der Waals surface area contributed by atoms with Crippen LogP contribution in [0.15, 0.2) is 30.3 Å². The molecule has 0 aromatic heterocycles. The van der Waals surface area contributed by atoms with Crippen LogP contribution in [0.25, 0.3) is 0 Å². The first kappa shape index (κ1) is 37.7. The van der Waals surface area contributed by atoms with Gasteiger partial charge in [0.2, 0.25) is 17.7 Å². The number of aliphatic hydroxyl groups is 1. The number of Topliss-reactive ketones (excluding diaryl/α,β-unsaturated/α-hetero) is 1. The zero-order chi connectivity index (χ0) is 34.3. The molecule has 0 spiro atoms. The molecule has 2 heterocycles. The summed E-state index contributed by atoms with van der Waals surface area (Å²) < 4.78 is 0. The van der Waals surface area contributed by atoms with Crippen molar-refractivity contribution in [1.82, 2.24) is 19.6 Å². The van der Waals surface area contributed by atoms with Crippen LogP contribution < -0.4 is 0 Å². The molecule has 0 bridgehead atoms. The predicted molar refractivity (Wildman–Crippen MR) is 182 cm³/mol. The van der Waals surface area contributed by atoms with Crippen molar-refractivity contribution < 1.29 is 24.3 Å². The standard InChI is InChI=1S/C37H60N4O5/c1-24(2)28(23-32(43)33(25(3)4)38(7)8)35(44)39(9)34(26(5)6)37(46)41-22-14-18-30(41)36(45)40-21-13-17-29(40)31(42)20-19-27-15-11-10-12-16-27/h10-12,15-16,24-26,28-31,33-34,42H,13-14,17-23H2,1-9H3/t28-,29-,30-,31+,33-,34-/m0/s1. The Bertz CT molecular complexity index is 1160. The smallest absolute Gasteiger partial charge is 0.246 e. The first-order chi connectivity index (χ1) is 21.7. The van der Waals surface area contributed by atoms with Crippen LogP contribution in [0.4, 0.5) is 0 Å². The largest absolute Gasteiger partial charge is 0.391 e. The number of ketones is 1. The Morgan fingerprint density at radius 3 is 1.98 bits per heavy atom. The third-order valence-corrected chi connectivity index (χ3v) is 10.1. The van der Waals surface area contributed by atoms with E-state index in [1.54, 1.807) is 11.9 Å². The highest BCUT2D eigenvalue weighted by Gasteiger charge is 2.45. The number of likely N-dealkylation sites (N-methyl/N-ethyl adjacent to an activating group) is 2. The molecule has 2 aliphatic heterocycles. The lowest BCUT2D eigenvalue weighted by Gasteiger charge is -2.39. The van der Waals surface area contributed by atoms with Gasteiger partial charge in [0, 0.05) is 32.5 Å². The van der Waals surface area contributed by atoms with Crippen molar-refractivity contribution in [1.29, 1.82) is 0 Å². The second-order valence-corrected chi connectivity index (χ2v) is 14.8. The van der Waals surface area contributed by atoms with E-state index in [4.69, 9.17) is 0 Å². The average molecular weight is 641 g/mol. The number of amides is 3. The van der Waals surface area contributed by atoms with Gasteiger partial charge in [-0.25, -0.2) is 0 Å². The monoisotopic (exact) mass is 640 g/mol. The lowest BCUT2D eigenvalue weighted by atomic mass is 9.84. The van der Waals surface area contributed by atoms with Crippen molar-refractivity contribution >= 4 is 23.5 Å². The van der Waals surface area contributed by atoms with E-state index in [2.05, 4.69) is 0 Å². The molecule has 0 aliphatic carbocycles. The van der Waals surface area contributed by atoms with Crippen molar-refractivity contribution in [3.05, 3.63) is 35.9 Å². The molecule has 9 heteroatoms. The van der Waals surface area contributed by atoms with Crippen LogP contribution in [0.3, 0.4) is 0 Å². The fourth-order valence-electron chi connectivity index (χ4n) is 7.76. The molecule has 9 nitrogen and oxygen atoms in total. The summed E-state index contributed by atoms with van der Waals surface area (Å²) in [7, 11) is 5.44. The Morgan fingerprint density at radius 1 is 0.826 bits per heavy atom. The van der Waals surface area contributed by atoms with Gasteiger partial charge in [-0.2, -0.15) is 0 Å². The molecule has 0 unspecified atom stereocenters. The van der Waals surface area contributed by atoms with Gasteiger partial charge in [0.05, 0.1) is 18.2 Å². The van der Waals surface area contributed by atoms with Crippen molar-refractivity contribution in [3.8, 4) is 0 Å². The van der Waals surface area contributed by atoms with E-state index in [0.29, 0.717) is 32.4 Å². The van der Waals surface area contributed by atoms with Crippen LogP contribution in [-0.4, -0.2) is 113 Å². The van der Waals surface area contributed by atoms with Gasteiger partial charge >= 0.3 is 0 Å². The number of aryl methyl sites for hydroxylation is 1. The molecule has 2 fully saturated rings. The number of likely N-dealkylation sites (tertiary alicyclic amines) is 2. The third-order valence-electron chi connectivity index (χ3n) is 10.1. The van der Waals surface area contributed by atoms with E-state index in [-0.39, 0.29) is 59.8 Å². The predicted octanol–water partition coefficient (Wildman–Crippen LogP) is 4.26. The van der Waals surface area contributed by atoms with Gasteiger partial charge in [-0.15, -0.1) is 0 Å². The number of carbonyl (C=O) groups is 4. The molecule has 3 amide bonds. The minimum absolute atomic E-state index is 0.0317. The van der Waals surface area contributed by atoms with Gasteiger partial charge < -0.3 is 19.8 Å². The summed E-state index contributed by atoms with van der Waals surface area (Å²) in [6.45, 7) is 12.8. The first-order valence-electron chi connectivity index (χ1n) is 17.5. The zero-order valence-electron chi connectivity index (χ0n) is 29.8. The Kier molecular flexibility index (Phi) is 13.8. The highest BCUT2D eigenvalue weighted by molar-refractivity contribution is 5.95. The van der Waals surface area contributed by atoms with Gasteiger partial charge in [-0.05, 0) is 75.9 Å². The lowest BCUT2D eigenvalue weighted by molar-refractivity contribution is -0.154. The van der Waals surface area contributed by atoms with Crippen LogP contribution in [-0.2, 0) is 25.6 Å². The van der Waals surface area contributed by atoms with Crippen molar-refractivity contribution in [3.63, 3.8) is 0 Å². The van der Waals surface area contributed by atoms with E-state index in [9.17, 15) is 24.3 Å². The normalized spacial score (nSPS) is 21.3. The van der Waals surface area contributed by atoms with E-state index < -0.39 is 24.1 Å². The lowest BCUT2D eigenvalue weighted by Crippen LogP contribution is -2.58. The number of benzene rings is 1. The highest BCUT2D eigenvalue weighted by Crippen LogP contribution is 2.30. The Labute approximate surface area is 277 Å². The van der Waals surface area contributed by atoms with Crippen LogP contribution in [0.5, 0.6) is 0 Å². The van der Waals surface area contributed by atoms with Crippen molar-refractivity contribution in [2.24, 2.45) is 23.7 Å². The molecule has 2 saturated heterocycles. The molecular weight excluding hydrogens is 580 g/mol. The SMILES string of the molecule is CC(C)[C@H](CC(=O)[C@H](C(C)C)N(C)C)C(=O)N(C)[C@H](C(=O)N1CCC[C@H]1C(=O)N1CCC[C@H]1[C@H](O)CCc1ccccc1)C(C)C. The van der Waals surface area contributed by atoms with Crippen LogP contribution in [0.1, 0.15) is 85.6 Å². The summed E-state index contributed by atoms with van der Waals surface area (Å²) in [5, 5.41) is 11.2. The Balaban J connectivity index is 1.74. The molecule has 1 N–H and O–H groups in total. The molecule has 46 heavy (non-hydrogen) atoms. The summed E-state index contributed by atoms with van der Waals surface area (Å²) in [4.78, 5) is 62.7. The molecule has 258 valence electrons. The number of hydrogen-bond donors (Lipinski definition) is 1. The first-order valence-corrected chi connectivity index (χ1v) is 17.5. The number of carbonyl (C=O) groups excluding carboxylic acids is 4. The van der Waals surface area contributed by atoms with Gasteiger partial charge in [0.15, 0.2) is 5.78 Å². The van der Waals surface area contributed by atoms with Crippen molar-refractivity contribution in [2.45, 2.75) is 117 Å². The summed E-state index contributed by atoms with van der Waals surface area (Å²) in [6.07, 6.45) is 3.64. The number of aliphatic hydroxyl groups excluding tert-OH is 1. The van der Waals surface area contributed by atoms with Gasteiger partial charge in [0.1, 0.15) is 12.1 Å². The topological polar surface area (TPSA) is 101 Å². The van der Waals surface area contributed by atoms with Crippen molar-refractivity contribution in [2.75, 3.05) is 34.2 Å². The maximum absolute atomic E-state index is 14.3. The third kappa shape index (κ3) is 8.97. The fraction of sp³-hybridized carbons (Fsp3) is 0.730. The molecule has 0 radical (unpaired) electrons. The average Bonchev–Trinajstić information content (AvgIpc) is 3.68. The Hall–Kier alpha value is -2.78. The number of nitrogens with zero attached hydrogens (tertiary/aromatic N) is 4. The highest BCUT2D eigenvalue weighted by atomic mass is 16.3. The maximum Gasteiger partial charge on any atom is 0.246 e. The summed E-state index contributed by atoms with van der Waals surface area (Å²) in [5.41, 5.74) is 1.16. The molecule has 6 atom stereocenters. The Morgan fingerprint density at radius 2 is 1.41 bits per heavy atom. The number of hydrogen-bond acceptors (Lipinski definition) is 6. The maximum atomic E-state index is 14.3. The van der Waals surface area contributed by atoms with E-state index in [0.717, 1.165) is 24.8 Å². The van der Waals surface area contributed by atoms with Gasteiger partial charge in [-0.3, -0.25) is 24.1 Å². The second-order valence-electron chi connectivity index (χ2n) is 14.8. The quantitative estimate of drug-likeness (QED) is 0.308. The minimum Gasteiger partial charge on any atom is -0.391 e. The summed E-state index contributed by atoms with van der Waals surface area (Å²) in [6, 6.07) is 8.14. The summed E-state index contributed by atoms with van der Waals surface area (Å²) >= 11 is 0. The molecule has 0 saturated carbocycles. The van der Waals surface area contributed by atoms with Crippen LogP contribution in [0.2, 0.25) is 0 Å². The van der Waals surface area contributed by atoms with E-state index in [1.807, 2.05) is 95.8 Å². The summed E-state index contributed by atoms with van der Waals surface area (Å²) in [5.74, 6) is -1.21. The molecule has 1 aromatic carbocycles. The zero-order valence-corrected chi connectivity index (χ0v) is 29.8. The fourth-order valence-corrected chi connectivity index (χ4v) is 7.76. The molecule has 1 aromatic rings. The molecule has 2 aliphatic rings. The van der Waals surface area contributed by atoms with E-state index >= 15 is 0 Å². The van der Waals surface area contributed by atoms with Gasteiger partial charge in [0.25, 0.3) is 0 Å². The number of rotatable bonds is 15. The van der Waals surface area contributed by atoms with Crippen LogP contribution in [0, 0.1) is 23.7 Å². The van der Waals surface area contributed by atoms with Crippen LogP contribution >= 0.6 is 0 Å². The molecular formula is C37H60N4O5. The van der Waals surface area contributed by atoms with Gasteiger partial charge in [-0.1, -0.05) is 71.9 Å². The minimum atomic E-state index is -0.752. The van der Waals surface area contributed by atoms with E-state index in [1.165, 1.54) is 4.90 Å². The molecule has 3 rings (SSSR count).